The zero-order chi connectivity index (χ0) is 20.5. The van der Waals surface area contributed by atoms with Crippen LogP contribution in [0.3, 0.4) is 0 Å². The van der Waals surface area contributed by atoms with E-state index in [0.717, 1.165) is 29.2 Å². The number of pyridine rings is 1. The Morgan fingerprint density at radius 2 is 1.93 bits per heavy atom. The summed E-state index contributed by atoms with van der Waals surface area (Å²) in [5, 5.41) is 4.97. The summed E-state index contributed by atoms with van der Waals surface area (Å²) in [4.78, 5) is 8.05. The van der Waals surface area contributed by atoms with Gasteiger partial charge in [-0.05, 0) is 48.9 Å². The fourth-order valence-corrected chi connectivity index (χ4v) is 5.57. The van der Waals surface area contributed by atoms with Crippen LogP contribution in [0.15, 0.2) is 79.5 Å². The van der Waals surface area contributed by atoms with Crippen LogP contribution >= 0.6 is 12.2 Å². The second-order valence-electron chi connectivity index (χ2n) is 8.48. The summed E-state index contributed by atoms with van der Waals surface area (Å²) in [7, 11) is 0. The number of hydrogen-bond donors (Lipinski definition) is 1. The molecule has 3 aliphatic rings. The molecule has 3 aromatic rings. The minimum Gasteiger partial charge on any atom is -0.367 e. The quantitative estimate of drug-likeness (QED) is 0.463. The summed E-state index contributed by atoms with van der Waals surface area (Å²) in [5.41, 5.74) is 3.38. The number of thiocarbonyl (C=S) groups is 1. The molecule has 0 saturated carbocycles. The van der Waals surface area contributed by atoms with Gasteiger partial charge in [-0.25, -0.2) is 0 Å². The second-order valence-corrected chi connectivity index (χ2v) is 8.89. The molecule has 152 valence electrons. The molecule has 3 nitrogen and oxygen atoms in total. The van der Waals surface area contributed by atoms with Crippen LogP contribution in [0.1, 0.15) is 30.0 Å². The Morgan fingerprint density at radius 3 is 2.70 bits per heavy atom. The summed E-state index contributed by atoms with van der Waals surface area (Å²) in [6.45, 7) is 6.34. The van der Waals surface area contributed by atoms with Gasteiger partial charge in [-0.2, -0.15) is 0 Å². The van der Waals surface area contributed by atoms with E-state index < -0.39 is 0 Å². The third kappa shape index (κ3) is 3.55. The van der Waals surface area contributed by atoms with Gasteiger partial charge in [0, 0.05) is 29.7 Å². The van der Waals surface area contributed by atoms with E-state index in [2.05, 4.69) is 70.3 Å². The summed E-state index contributed by atoms with van der Waals surface area (Å²) >= 11 is 5.86. The molecular formula is C26H27N3S. The lowest BCUT2D eigenvalue weighted by molar-refractivity contribution is 0.00445. The van der Waals surface area contributed by atoms with Crippen molar-refractivity contribution in [1.29, 1.82) is 0 Å². The summed E-state index contributed by atoms with van der Waals surface area (Å²) < 4.78 is 0. The van der Waals surface area contributed by atoms with E-state index in [1.807, 2.05) is 24.4 Å². The van der Waals surface area contributed by atoms with Gasteiger partial charge < -0.3 is 5.32 Å². The fourth-order valence-electron chi connectivity index (χ4n) is 5.31. The maximum atomic E-state index is 5.86. The number of rotatable bonds is 5. The standard InChI is InChI=1S/C26H27N3S/c1-2-18-17-29-15-13-20(18)16-24(29)25(28-26(30)19-8-4-3-5-9-19)22-12-14-27-23-11-7-6-10-21(22)23/h2-12,14,18,20,24-25H,1,13,15-17H2,(H,28,30)/t18-,20-,24-,25-/m0/s1. The van der Waals surface area contributed by atoms with Crippen LogP contribution in [0.5, 0.6) is 0 Å². The van der Waals surface area contributed by atoms with Crippen molar-refractivity contribution < 1.29 is 0 Å². The molecule has 1 aromatic heterocycles. The average molecular weight is 414 g/mol. The Labute approximate surface area is 183 Å². The number of nitrogens with zero attached hydrogens (tertiary/aromatic N) is 2. The number of piperidine rings is 3. The molecule has 3 saturated heterocycles. The Balaban J connectivity index is 1.54. The normalized spacial score (nSPS) is 26.3. The maximum Gasteiger partial charge on any atom is 0.107 e. The van der Waals surface area contributed by atoms with Crippen molar-refractivity contribution in [2.75, 3.05) is 13.1 Å². The Bertz CT molecular complexity index is 1060. The van der Waals surface area contributed by atoms with Crippen molar-refractivity contribution in [2.24, 2.45) is 11.8 Å². The highest BCUT2D eigenvalue weighted by Crippen LogP contribution is 2.42. The monoisotopic (exact) mass is 413 g/mol. The van der Waals surface area contributed by atoms with Gasteiger partial charge in [0.05, 0.1) is 11.6 Å². The minimum absolute atomic E-state index is 0.124. The van der Waals surface area contributed by atoms with Gasteiger partial charge >= 0.3 is 0 Å². The first-order chi connectivity index (χ1) is 14.7. The van der Waals surface area contributed by atoms with E-state index in [4.69, 9.17) is 12.2 Å². The molecule has 4 heterocycles. The number of fused-ring (bicyclic) bond motifs is 4. The molecule has 6 rings (SSSR count). The van der Waals surface area contributed by atoms with Gasteiger partial charge in [0.25, 0.3) is 0 Å². The molecule has 0 radical (unpaired) electrons. The SMILES string of the molecule is C=C[C@H]1CN2CC[C@H]1C[C@H]2[C@@H](NC(=S)c1ccccc1)c1ccnc2ccccc12. The molecule has 2 bridgehead atoms. The van der Waals surface area contributed by atoms with E-state index in [1.165, 1.54) is 23.8 Å². The van der Waals surface area contributed by atoms with Crippen molar-refractivity contribution in [3.63, 3.8) is 0 Å². The molecule has 1 unspecified atom stereocenters. The molecule has 1 N–H and O–H groups in total. The van der Waals surface area contributed by atoms with Crippen molar-refractivity contribution in [3.05, 3.63) is 90.6 Å². The largest absolute Gasteiger partial charge is 0.367 e. The molecule has 3 aliphatic heterocycles. The minimum atomic E-state index is 0.124. The number of nitrogens with one attached hydrogen (secondary N) is 1. The predicted octanol–water partition coefficient (Wildman–Crippen LogP) is 5.14. The van der Waals surface area contributed by atoms with Gasteiger partial charge in [-0.1, -0.05) is 66.8 Å². The molecule has 0 amide bonds. The Kier molecular flexibility index (Phi) is 5.36. The van der Waals surface area contributed by atoms with Crippen molar-refractivity contribution in [1.82, 2.24) is 15.2 Å². The molecule has 3 fully saturated rings. The van der Waals surface area contributed by atoms with Crippen molar-refractivity contribution in [2.45, 2.75) is 24.9 Å². The van der Waals surface area contributed by atoms with Crippen LogP contribution in [0.25, 0.3) is 10.9 Å². The Hall–Kier alpha value is -2.56. The number of aromatic nitrogens is 1. The van der Waals surface area contributed by atoms with E-state index in [1.54, 1.807) is 0 Å². The fraction of sp³-hybridized carbons (Fsp3) is 0.308. The summed E-state index contributed by atoms with van der Waals surface area (Å²) in [6.07, 6.45) is 6.52. The maximum absolute atomic E-state index is 5.86. The average Bonchev–Trinajstić information content (AvgIpc) is 2.83. The van der Waals surface area contributed by atoms with Gasteiger partial charge in [0.15, 0.2) is 0 Å². The van der Waals surface area contributed by atoms with E-state index >= 15 is 0 Å². The Morgan fingerprint density at radius 1 is 1.13 bits per heavy atom. The molecular weight excluding hydrogens is 386 g/mol. The van der Waals surface area contributed by atoms with Crippen molar-refractivity contribution >= 4 is 28.1 Å². The molecule has 5 atom stereocenters. The number of benzene rings is 2. The summed E-state index contributed by atoms with van der Waals surface area (Å²) in [5.74, 6) is 1.31. The number of hydrogen-bond acceptors (Lipinski definition) is 3. The van der Waals surface area contributed by atoms with Crippen LogP contribution in [0.4, 0.5) is 0 Å². The van der Waals surface area contributed by atoms with Crippen LogP contribution in [0, 0.1) is 11.8 Å². The highest BCUT2D eigenvalue weighted by Gasteiger charge is 2.43. The lowest BCUT2D eigenvalue weighted by Gasteiger charge is -2.52. The van der Waals surface area contributed by atoms with E-state index in [0.29, 0.717) is 17.9 Å². The van der Waals surface area contributed by atoms with Crippen LogP contribution in [0.2, 0.25) is 0 Å². The van der Waals surface area contributed by atoms with Gasteiger partial charge in [-0.3, -0.25) is 9.88 Å². The molecule has 0 spiro atoms. The first-order valence-corrected chi connectivity index (χ1v) is 11.2. The van der Waals surface area contributed by atoms with Crippen LogP contribution in [-0.2, 0) is 0 Å². The number of para-hydroxylation sites is 1. The molecule has 30 heavy (non-hydrogen) atoms. The lowest BCUT2D eigenvalue weighted by atomic mass is 9.73. The van der Waals surface area contributed by atoms with E-state index in [-0.39, 0.29) is 6.04 Å². The van der Waals surface area contributed by atoms with Gasteiger partial charge in [-0.15, -0.1) is 6.58 Å². The first kappa shape index (κ1) is 19.4. The second kappa shape index (κ2) is 8.29. The molecule has 4 heteroatoms. The molecule has 0 aliphatic carbocycles. The predicted molar refractivity (Wildman–Crippen MR) is 128 cm³/mol. The third-order valence-electron chi connectivity index (χ3n) is 6.88. The third-order valence-corrected chi connectivity index (χ3v) is 7.23. The first-order valence-electron chi connectivity index (χ1n) is 10.8. The smallest absolute Gasteiger partial charge is 0.107 e. The zero-order valence-corrected chi connectivity index (χ0v) is 17.9. The highest BCUT2D eigenvalue weighted by molar-refractivity contribution is 7.80. The van der Waals surface area contributed by atoms with E-state index in [9.17, 15) is 0 Å². The van der Waals surface area contributed by atoms with Crippen LogP contribution in [-0.4, -0.2) is 34.0 Å². The van der Waals surface area contributed by atoms with Crippen molar-refractivity contribution in [3.8, 4) is 0 Å². The molecule has 2 aromatic carbocycles. The van der Waals surface area contributed by atoms with Gasteiger partial charge in [0.2, 0.25) is 0 Å². The topological polar surface area (TPSA) is 28.2 Å². The van der Waals surface area contributed by atoms with Gasteiger partial charge in [0.1, 0.15) is 4.99 Å². The highest BCUT2D eigenvalue weighted by atomic mass is 32.1. The summed E-state index contributed by atoms with van der Waals surface area (Å²) in [6, 6.07) is 21.4. The zero-order valence-electron chi connectivity index (χ0n) is 17.1. The van der Waals surface area contributed by atoms with Crippen LogP contribution < -0.4 is 5.32 Å². The lowest BCUT2D eigenvalue weighted by Crippen LogP contribution is -2.57.